The van der Waals surface area contributed by atoms with Crippen molar-refractivity contribution in [3.63, 3.8) is 0 Å². The fraction of sp³-hybridized carbons (Fsp3) is 0.300. The summed E-state index contributed by atoms with van der Waals surface area (Å²) in [6.07, 6.45) is 0.185. The van der Waals surface area contributed by atoms with Crippen molar-refractivity contribution < 1.29 is 19.1 Å². The summed E-state index contributed by atoms with van der Waals surface area (Å²) in [5.41, 5.74) is 2.91. The Morgan fingerprint density at radius 2 is 1.84 bits per heavy atom. The number of nitrogens with one attached hydrogen (secondary N) is 1. The topological polar surface area (TPSA) is 64.6 Å². The zero-order chi connectivity index (χ0) is 18.2. The fourth-order valence-corrected chi connectivity index (χ4v) is 2.31. The molecule has 0 aliphatic carbocycles. The first-order chi connectivity index (χ1) is 12.0. The minimum Gasteiger partial charge on any atom is -0.493 e. The molecule has 5 nitrogen and oxygen atoms in total. The molecule has 2 aromatic carbocycles. The van der Waals surface area contributed by atoms with Gasteiger partial charge < -0.3 is 14.8 Å². The van der Waals surface area contributed by atoms with Crippen LogP contribution >= 0.6 is 0 Å². The highest BCUT2D eigenvalue weighted by Crippen LogP contribution is 2.20. The van der Waals surface area contributed by atoms with Gasteiger partial charge in [0.25, 0.3) is 0 Å². The Labute approximate surface area is 148 Å². The van der Waals surface area contributed by atoms with E-state index in [2.05, 4.69) is 5.32 Å². The lowest BCUT2D eigenvalue weighted by Crippen LogP contribution is -2.18. The van der Waals surface area contributed by atoms with Crippen LogP contribution in [0, 0.1) is 13.8 Å². The molecule has 132 valence electrons. The van der Waals surface area contributed by atoms with Gasteiger partial charge in [-0.2, -0.15) is 0 Å². The molecule has 0 bridgehead atoms. The van der Waals surface area contributed by atoms with Crippen LogP contribution in [0.5, 0.6) is 5.75 Å². The zero-order valence-electron chi connectivity index (χ0n) is 14.8. The van der Waals surface area contributed by atoms with E-state index in [1.54, 1.807) is 31.2 Å². The monoisotopic (exact) mass is 341 g/mol. The van der Waals surface area contributed by atoms with Gasteiger partial charge in [-0.15, -0.1) is 0 Å². The first kappa shape index (κ1) is 18.5. The number of anilines is 1. The van der Waals surface area contributed by atoms with E-state index in [0.29, 0.717) is 11.3 Å². The highest BCUT2D eigenvalue weighted by molar-refractivity contribution is 6.01. The first-order valence-electron chi connectivity index (χ1n) is 8.27. The van der Waals surface area contributed by atoms with Crippen molar-refractivity contribution in [1.82, 2.24) is 0 Å². The SMILES string of the molecule is CCOC(=O)c1ccccc1NC(=O)CCOc1cc(C)ccc1C. The lowest BCUT2D eigenvalue weighted by Gasteiger charge is -2.12. The van der Waals surface area contributed by atoms with Gasteiger partial charge in [0.15, 0.2) is 0 Å². The lowest BCUT2D eigenvalue weighted by atomic mass is 10.1. The number of benzene rings is 2. The average molecular weight is 341 g/mol. The Morgan fingerprint density at radius 3 is 2.60 bits per heavy atom. The van der Waals surface area contributed by atoms with E-state index in [9.17, 15) is 9.59 Å². The van der Waals surface area contributed by atoms with E-state index in [1.807, 2.05) is 32.0 Å². The summed E-state index contributed by atoms with van der Waals surface area (Å²) < 4.78 is 10.7. The van der Waals surface area contributed by atoms with Crippen LogP contribution in [0.3, 0.4) is 0 Å². The number of hydrogen-bond acceptors (Lipinski definition) is 4. The average Bonchev–Trinajstić information content (AvgIpc) is 2.58. The van der Waals surface area contributed by atoms with Crippen molar-refractivity contribution in [1.29, 1.82) is 0 Å². The summed E-state index contributed by atoms with van der Waals surface area (Å²) in [5.74, 6) is 0.104. The van der Waals surface area contributed by atoms with E-state index in [-0.39, 0.29) is 25.5 Å². The molecule has 1 amide bonds. The third kappa shape index (κ3) is 5.35. The Bertz CT molecular complexity index is 755. The maximum absolute atomic E-state index is 12.1. The van der Waals surface area contributed by atoms with E-state index in [1.165, 1.54) is 0 Å². The van der Waals surface area contributed by atoms with Crippen molar-refractivity contribution in [2.45, 2.75) is 27.2 Å². The molecule has 0 aliphatic heterocycles. The van der Waals surface area contributed by atoms with Crippen molar-refractivity contribution in [2.24, 2.45) is 0 Å². The smallest absolute Gasteiger partial charge is 0.340 e. The maximum atomic E-state index is 12.1. The number of carbonyl (C=O) groups is 2. The highest BCUT2D eigenvalue weighted by Gasteiger charge is 2.14. The fourth-order valence-electron chi connectivity index (χ4n) is 2.31. The van der Waals surface area contributed by atoms with Crippen molar-refractivity contribution >= 4 is 17.6 Å². The van der Waals surface area contributed by atoms with Gasteiger partial charge in [0, 0.05) is 0 Å². The van der Waals surface area contributed by atoms with Gasteiger partial charge in [0.05, 0.1) is 30.9 Å². The van der Waals surface area contributed by atoms with E-state index in [4.69, 9.17) is 9.47 Å². The third-order valence-electron chi connectivity index (χ3n) is 3.63. The predicted molar refractivity (Wildman–Crippen MR) is 97.1 cm³/mol. The molecular weight excluding hydrogens is 318 g/mol. The minimum absolute atomic E-state index is 0.185. The Hall–Kier alpha value is -2.82. The molecule has 0 fully saturated rings. The molecular formula is C20H23NO4. The number of para-hydroxylation sites is 1. The molecule has 2 aromatic rings. The van der Waals surface area contributed by atoms with E-state index < -0.39 is 5.97 Å². The second-order valence-electron chi connectivity index (χ2n) is 5.68. The molecule has 1 N–H and O–H groups in total. The summed E-state index contributed by atoms with van der Waals surface area (Å²) in [6, 6.07) is 12.7. The second kappa shape index (κ2) is 8.87. The van der Waals surface area contributed by atoms with Gasteiger partial charge in [0.1, 0.15) is 5.75 Å². The summed E-state index contributed by atoms with van der Waals surface area (Å²) in [7, 11) is 0. The highest BCUT2D eigenvalue weighted by atomic mass is 16.5. The number of hydrogen-bond donors (Lipinski definition) is 1. The third-order valence-corrected chi connectivity index (χ3v) is 3.63. The number of aryl methyl sites for hydroxylation is 2. The molecule has 0 atom stereocenters. The summed E-state index contributed by atoms with van der Waals surface area (Å²) in [6.45, 7) is 6.24. The van der Waals surface area contributed by atoms with Gasteiger partial charge in [-0.25, -0.2) is 4.79 Å². The van der Waals surface area contributed by atoms with Gasteiger partial charge in [-0.3, -0.25) is 4.79 Å². The van der Waals surface area contributed by atoms with Crippen LogP contribution in [0.4, 0.5) is 5.69 Å². The van der Waals surface area contributed by atoms with Crippen molar-refractivity contribution in [2.75, 3.05) is 18.5 Å². The Kier molecular flexibility index (Phi) is 6.57. The van der Waals surface area contributed by atoms with Crippen LogP contribution in [-0.2, 0) is 9.53 Å². The molecule has 0 radical (unpaired) electrons. The maximum Gasteiger partial charge on any atom is 0.340 e. The van der Waals surface area contributed by atoms with Crippen LogP contribution in [0.1, 0.15) is 34.8 Å². The summed E-state index contributed by atoms with van der Waals surface area (Å²) in [5, 5.41) is 2.74. The molecule has 0 aromatic heterocycles. The minimum atomic E-state index is -0.454. The van der Waals surface area contributed by atoms with Crippen LogP contribution in [0.15, 0.2) is 42.5 Å². The Balaban J connectivity index is 1.92. The van der Waals surface area contributed by atoms with Crippen LogP contribution in [0.2, 0.25) is 0 Å². The van der Waals surface area contributed by atoms with Gasteiger partial charge >= 0.3 is 5.97 Å². The number of carbonyl (C=O) groups excluding carboxylic acids is 2. The zero-order valence-corrected chi connectivity index (χ0v) is 14.8. The second-order valence-corrected chi connectivity index (χ2v) is 5.68. The van der Waals surface area contributed by atoms with E-state index in [0.717, 1.165) is 16.9 Å². The standard InChI is InChI=1S/C20H23NO4/c1-4-24-20(23)16-7-5-6-8-17(16)21-19(22)11-12-25-18-13-14(2)9-10-15(18)3/h5-10,13H,4,11-12H2,1-3H3,(H,21,22). The van der Waals surface area contributed by atoms with Gasteiger partial charge in [0.2, 0.25) is 5.91 Å². The molecule has 0 heterocycles. The molecule has 0 aliphatic rings. The molecule has 0 unspecified atom stereocenters. The number of esters is 1. The predicted octanol–water partition coefficient (Wildman–Crippen LogP) is 3.89. The van der Waals surface area contributed by atoms with Crippen LogP contribution in [0.25, 0.3) is 0 Å². The Morgan fingerprint density at radius 1 is 1.08 bits per heavy atom. The van der Waals surface area contributed by atoms with Gasteiger partial charge in [-0.1, -0.05) is 24.3 Å². The molecule has 0 saturated carbocycles. The number of rotatable bonds is 7. The number of ether oxygens (including phenoxy) is 2. The first-order valence-corrected chi connectivity index (χ1v) is 8.27. The lowest BCUT2D eigenvalue weighted by molar-refractivity contribution is -0.116. The van der Waals surface area contributed by atoms with Crippen LogP contribution < -0.4 is 10.1 Å². The quantitative estimate of drug-likeness (QED) is 0.776. The molecule has 0 spiro atoms. The summed E-state index contributed by atoms with van der Waals surface area (Å²) >= 11 is 0. The molecule has 5 heteroatoms. The van der Waals surface area contributed by atoms with Crippen molar-refractivity contribution in [3.8, 4) is 5.75 Å². The normalized spacial score (nSPS) is 10.2. The van der Waals surface area contributed by atoms with Crippen molar-refractivity contribution in [3.05, 3.63) is 59.2 Å². The number of amides is 1. The molecule has 0 saturated heterocycles. The summed E-state index contributed by atoms with van der Waals surface area (Å²) in [4.78, 5) is 24.1. The van der Waals surface area contributed by atoms with Gasteiger partial charge in [-0.05, 0) is 50.1 Å². The molecule has 25 heavy (non-hydrogen) atoms. The molecule has 2 rings (SSSR count). The van der Waals surface area contributed by atoms with Crippen LogP contribution in [-0.4, -0.2) is 25.1 Å². The largest absolute Gasteiger partial charge is 0.493 e. The van der Waals surface area contributed by atoms with E-state index >= 15 is 0 Å².